The molecule has 0 saturated heterocycles. The zero-order valence-electron chi connectivity index (χ0n) is 6.50. The maximum atomic E-state index is 13.1. The number of hydrogen-bond donors (Lipinski definition) is 1. The monoisotopic (exact) mass is 169 g/mol. The van der Waals surface area contributed by atoms with Gasteiger partial charge >= 0.3 is 0 Å². The van der Waals surface area contributed by atoms with E-state index in [9.17, 15) is 9.18 Å². The standard InChI is InChI=1S/C8H8FNO2/c1-12-6-4-2-3-5(7(6)9)8(10)11/h2-4H,1H3,(H2,10,11). The maximum absolute atomic E-state index is 13.1. The molecule has 64 valence electrons. The zero-order valence-corrected chi connectivity index (χ0v) is 6.50. The molecule has 0 heterocycles. The predicted octanol–water partition coefficient (Wildman–Crippen LogP) is 0.933. The van der Waals surface area contributed by atoms with Gasteiger partial charge in [0, 0.05) is 0 Å². The van der Waals surface area contributed by atoms with Crippen molar-refractivity contribution in [3.63, 3.8) is 0 Å². The number of halogens is 1. The highest BCUT2D eigenvalue weighted by Crippen LogP contribution is 2.18. The second-order valence-corrected chi connectivity index (χ2v) is 2.19. The van der Waals surface area contributed by atoms with Gasteiger partial charge in [-0.05, 0) is 12.1 Å². The minimum atomic E-state index is -0.800. The number of ether oxygens (including phenoxy) is 1. The van der Waals surface area contributed by atoms with Crippen LogP contribution in [0.2, 0.25) is 0 Å². The lowest BCUT2D eigenvalue weighted by Crippen LogP contribution is -2.13. The molecule has 0 aromatic heterocycles. The van der Waals surface area contributed by atoms with Gasteiger partial charge in [0.15, 0.2) is 11.6 Å². The third-order valence-electron chi connectivity index (χ3n) is 1.45. The van der Waals surface area contributed by atoms with Crippen molar-refractivity contribution in [2.45, 2.75) is 0 Å². The van der Waals surface area contributed by atoms with Gasteiger partial charge in [-0.15, -0.1) is 0 Å². The lowest BCUT2D eigenvalue weighted by atomic mass is 10.2. The predicted molar refractivity (Wildman–Crippen MR) is 41.5 cm³/mol. The summed E-state index contributed by atoms with van der Waals surface area (Å²) < 4.78 is 17.8. The van der Waals surface area contributed by atoms with E-state index in [0.29, 0.717) is 0 Å². The Balaban J connectivity index is 3.23. The zero-order chi connectivity index (χ0) is 9.14. The molecule has 1 rings (SSSR count). The molecule has 4 heteroatoms. The molecule has 0 aliphatic rings. The molecule has 0 unspecified atom stereocenters. The lowest BCUT2D eigenvalue weighted by molar-refractivity contribution is 0.0995. The van der Waals surface area contributed by atoms with Gasteiger partial charge in [0.1, 0.15) is 0 Å². The first-order valence-corrected chi connectivity index (χ1v) is 3.29. The topological polar surface area (TPSA) is 52.3 Å². The van der Waals surface area contributed by atoms with Gasteiger partial charge in [-0.1, -0.05) is 6.07 Å². The fourth-order valence-electron chi connectivity index (χ4n) is 0.859. The molecular weight excluding hydrogens is 161 g/mol. The van der Waals surface area contributed by atoms with Crippen LogP contribution in [0.3, 0.4) is 0 Å². The van der Waals surface area contributed by atoms with E-state index in [1.54, 1.807) is 0 Å². The van der Waals surface area contributed by atoms with Crippen LogP contribution in [0.1, 0.15) is 10.4 Å². The molecule has 0 spiro atoms. The molecule has 0 bridgehead atoms. The van der Waals surface area contributed by atoms with Crippen molar-refractivity contribution in [3.8, 4) is 5.75 Å². The Hall–Kier alpha value is -1.58. The highest BCUT2D eigenvalue weighted by Gasteiger charge is 2.11. The number of hydrogen-bond acceptors (Lipinski definition) is 2. The van der Waals surface area contributed by atoms with Gasteiger partial charge in [-0.2, -0.15) is 0 Å². The molecule has 0 atom stereocenters. The molecule has 1 aromatic rings. The van der Waals surface area contributed by atoms with Crippen molar-refractivity contribution in [1.29, 1.82) is 0 Å². The van der Waals surface area contributed by atoms with Crippen LogP contribution in [0.15, 0.2) is 18.2 Å². The summed E-state index contributed by atoms with van der Waals surface area (Å²) >= 11 is 0. The first-order valence-electron chi connectivity index (χ1n) is 3.29. The second kappa shape index (κ2) is 3.21. The van der Waals surface area contributed by atoms with Crippen molar-refractivity contribution in [2.24, 2.45) is 5.73 Å². The lowest BCUT2D eigenvalue weighted by Gasteiger charge is -2.03. The van der Waals surface area contributed by atoms with E-state index < -0.39 is 11.7 Å². The molecule has 0 radical (unpaired) electrons. The summed E-state index contributed by atoms with van der Waals surface area (Å²) in [4.78, 5) is 10.6. The van der Waals surface area contributed by atoms with Gasteiger partial charge in [0.05, 0.1) is 12.7 Å². The maximum Gasteiger partial charge on any atom is 0.251 e. The minimum absolute atomic E-state index is 0.0197. The van der Waals surface area contributed by atoms with Gasteiger partial charge in [0.25, 0.3) is 5.91 Å². The summed E-state index contributed by atoms with van der Waals surface area (Å²) in [5.74, 6) is -1.50. The van der Waals surface area contributed by atoms with E-state index in [2.05, 4.69) is 4.74 Å². The van der Waals surface area contributed by atoms with Gasteiger partial charge < -0.3 is 10.5 Å². The largest absolute Gasteiger partial charge is 0.494 e. The van der Waals surface area contributed by atoms with E-state index in [1.165, 1.54) is 25.3 Å². The Kier molecular flexibility index (Phi) is 2.28. The fraction of sp³-hybridized carbons (Fsp3) is 0.125. The van der Waals surface area contributed by atoms with E-state index in [1.807, 2.05) is 0 Å². The van der Waals surface area contributed by atoms with Crippen LogP contribution in [0.5, 0.6) is 5.75 Å². The van der Waals surface area contributed by atoms with E-state index >= 15 is 0 Å². The Bertz CT molecular complexity index is 312. The van der Waals surface area contributed by atoms with Crippen molar-refractivity contribution in [1.82, 2.24) is 0 Å². The Morgan fingerprint density at radius 1 is 1.58 bits per heavy atom. The Morgan fingerprint density at radius 2 is 2.25 bits per heavy atom. The average Bonchev–Trinajstić information content (AvgIpc) is 2.04. The molecular formula is C8H8FNO2. The third-order valence-corrected chi connectivity index (χ3v) is 1.45. The SMILES string of the molecule is COc1cccc(C(N)=O)c1F. The van der Waals surface area contributed by atoms with Crippen LogP contribution in [-0.2, 0) is 0 Å². The van der Waals surface area contributed by atoms with E-state index in [0.717, 1.165) is 0 Å². The first-order chi connectivity index (χ1) is 5.66. The van der Waals surface area contributed by atoms with Gasteiger partial charge in [-0.25, -0.2) is 4.39 Å². The Labute approximate surface area is 68.9 Å². The van der Waals surface area contributed by atoms with Crippen LogP contribution in [0, 0.1) is 5.82 Å². The van der Waals surface area contributed by atoms with Crippen molar-refractivity contribution >= 4 is 5.91 Å². The van der Waals surface area contributed by atoms with Crippen LogP contribution >= 0.6 is 0 Å². The summed E-state index contributed by atoms with van der Waals surface area (Å²) in [6, 6.07) is 4.23. The number of amides is 1. The number of benzene rings is 1. The Morgan fingerprint density at radius 3 is 2.75 bits per heavy atom. The molecule has 0 fully saturated rings. The number of nitrogens with two attached hydrogens (primary N) is 1. The van der Waals surface area contributed by atoms with E-state index in [-0.39, 0.29) is 11.3 Å². The number of rotatable bonds is 2. The number of methoxy groups -OCH3 is 1. The smallest absolute Gasteiger partial charge is 0.251 e. The van der Waals surface area contributed by atoms with Crippen molar-refractivity contribution in [3.05, 3.63) is 29.6 Å². The molecule has 0 saturated carbocycles. The minimum Gasteiger partial charge on any atom is -0.494 e. The highest BCUT2D eigenvalue weighted by molar-refractivity contribution is 5.93. The summed E-state index contributed by atoms with van der Waals surface area (Å²) in [6.07, 6.45) is 0. The summed E-state index contributed by atoms with van der Waals surface area (Å²) in [5, 5.41) is 0. The normalized spacial score (nSPS) is 9.50. The number of carbonyl (C=O) groups is 1. The highest BCUT2D eigenvalue weighted by atomic mass is 19.1. The molecule has 1 aromatic carbocycles. The summed E-state index contributed by atoms with van der Waals surface area (Å²) in [6.45, 7) is 0. The number of primary amides is 1. The fourth-order valence-corrected chi connectivity index (χ4v) is 0.859. The summed E-state index contributed by atoms with van der Waals surface area (Å²) in [7, 11) is 1.32. The second-order valence-electron chi connectivity index (χ2n) is 2.19. The summed E-state index contributed by atoms with van der Waals surface area (Å²) in [5.41, 5.74) is 4.75. The van der Waals surface area contributed by atoms with Crippen molar-refractivity contribution < 1.29 is 13.9 Å². The quantitative estimate of drug-likeness (QED) is 0.716. The first kappa shape index (κ1) is 8.52. The molecule has 1 amide bonds. The molecule has 12 heavy (non-hydrogen) atoms. The third kappa shape index (κ3) is 1.37. The van der Waals surface area contributed by atoms with E-state index in [4.69, 9.17) is 5.73 Å². The van der Waals surface area contributed by atoms with Gasteiger partial charge in [0.2, 0.25) is 0 Å². The number of carbonyl (C=O) groups excluding carboxylic acids is 1. The van der Waals surface area contributed by atoms with Gasteiger partial charge in [-0.3, -0.25) is 4.79 Å². The molecule has 3 nitrogen and oxygen atoms in total. The van der Waals surface area contributed by atoms with Crippen LogP contribution in [0.4, 0.5) is 4.39 Å². The van der Waals surface area contributed by atoms with Crippen molar-refractivity contribution in [2.75, 3.05) is 7.11 Å². The molecule has 2 N–H and O–H groups in total. The molecule has 0 aliphatic heterocycles. The van der Waals surface area contributed by atoms with Crippen LogP contribution in [0.25, 0.3) is 0 Å². The molecule has 0 aliphatic carbocycles. The van der Waals surface area contributed by atoms with Crippen LogP contribution < -0.4 is 10.5 Å². The van der Waals surface area contributed by atoms with Crippen LogP contribution in [-0.4, -0.2) is 13.0 Å². The average molecular weight is 169 g/mol.